The highest BCUT2D eigenvalue weighted by molar-refractivity contribution is 6.21. The van der Waals surface area contributed by atoms with Crippen molar-refractivity contribution >= 4 is 17.3 Å². The molecule has 0 radical (unpaired) electrons. The number of halogens is 1. The van der Waals surface area contributed by atoms with E-state index in [4.69, 9.17) is 11.6 Å². The van der Waals surface area contributed by atoms with Gasteiger partial charge in [0.15, 0.2) is 0 Å². The zero-order valence-electron chi connectivity index (χ0n) is 8.54. The molecule has 80 valence electrons. The van der Waals surface area contributed by atoms with Crippen LogP contribution in [0.4, 0.5) is 5.69 Å². The van der Waals surface area contributed by atoms with Crippen molar-refractivity contribution in [1.29, 1.82) is 0 Å². The molecule has 0 spiro atoms. The van der Waals surface area contributed by atoms with Crippen LogP contribution in [0.2, 0.25) is 0 Å². The van der Waals surface area contributed by atoms with Crippen LogP contribution in [-0.4, -0.2) is 18.6 Å². The van der Waals surface area contributed by atoms with Gasteiger partial charge in [0, 0.05) is 24.7 Å². The van der Waals surface area contributed by atoms with Crippen LogP contribution >= 0.6 is 11.6 Å². The maximum atomic E-state index is 6.35. The smallest absolute Gasteiger partial charge is 0.0898 e. The third kappa shape index (κ3) is 1.52. The van der Waals surface area contributed by atoms with Crippen molar-refractivity contribution in [3.63, 3.8) is 0 Å². The molecule has 3 unspecified atom stereocenters. The number of anilines is 1. The predicted molar refractivity (Wildman–Crippen MR) is 63.4 cm³/mol. The minimum absolute atomic E-state index is 0.0936. The molecular weight excluding hydrogens is 208 g/mol. The summed E-state index contributed by atoms with van der Waals surface area (Å²) in [5.74, 6) is 1.15. The molecule has 0 saturated carbocycles. The highest BCUT2D eigenvalue weighted by Gasteiger charge is 2.37. The molecule has 2 heterocycles. The predicted octanol–water partition coefficient (Wildman–Crippen LogP) is 2.37. The standard InChI is InChI=1S/C12H15ClN2/c13-12-11-8(7-15-12)5-6-14-10-4-2-1-3-9(10)11/h1-4,8,11-12,14-15H,5-7H2. The van der Waals surface area contributed by atoms with Crippen LogP contribution in [0.1, 0.15) is 17.9 Å². The Morgan fingerprint density at radius 1 is 1.27 bits per heavy atom. The summed E-state index contributed by atoms with van der Waals surface area (Å²) in [6.45, 7) is 2.11. The molecular formula is C12H15ClN2. The first-order valence-corrected chi connectivity index (χ1v) is 6.00. The Morgan fingerprint density at radius 3 is 3.07 bits per heavy atom. The van der Waals surface area contributed by atoms with E-state index < -0.39 is 0 Å². The molecule has 0 aliphatic carbocycles. The Labute approximate surface area is 95.0 Å². The number of fused-ring (bicyclic) bond motifs is 3. The van der Waals surface area contributed by atoms with Gasteiger partial charge < -0.3 is 10.6 Å². The second-order valence-electron chi connectivity index (χ2n) is 4.40. The molecule has 2 nitrogen and oxygen atoms in total. The molecule has 3 rings (SSSR count). The maximum absolute atomic E-state index is 6.35. The molecule has 1 aromatic carbocycles. The van der Waals surface area contributed by atoms with E-state index in [0.717, 1.165) is 13.1 Å². The van der Waals surface area contributed by atoms with Crippen LogP contribution in [0.15, 0.2) is 24.3 Å². The summed E-state index contributed by atoms with van der Waals surface area (Å²) in [7, 11) is 0. The SMILES string of the molecule is ClC1NCC2CCNc3ccccc3C21. The molecule has 2 N–H and O–H groups in total. The van der Waals surface area contributed by atoms with Gasteiger partial charge in [-0.1, -0.05) is 18.2 Å². The van der Waals surface area contributed by atoms with Gasteiger partial charge in [0.2, 0.25) is 0 Å². The fraction of sp³-hybridized carbons (Fsp3) is 0.500. The number of alkyl halides is 1. The lowest BCUT2D eigenvalue weighted by Gasteiger charge is -2.19. The number of hydrogen-bond acceptors (Lipinski definition) is 2. The van der Waals surface area contributed by atoms with Gasteiger partial charge in [0.25, 0.3) is 0 Å². The Morgan fingerprint density at radius 2 is 2.13 bits per heavy atom. The molecule has 2 aliphatic heterocycles. The quantitative estimate of drug-likeness (QED) is 0.520. The van der Waals surface area contributed by atoms with Crippen molar-refractivity contribution in [2.24, 2.45) is 5.92 Å². The van der Waals surface area contributed by atoms with E-state index in [-0.39, 0.29) is 5.50 Å². The minimum atomic E-state index is 0.0936. The summed E-state index contributed by atoms with van der Waals surface area (Å²) >= 11 is 6.35. The Hall–Kier alpha value is -0.730. The van der Waals surface area contributed by atoms with Gasteiger partial charge in [0.1, 0.15) is 0 Å². The van der Waals surface area contributed by atoms with E-state index in [2.05, 4.69) is 34.9 Å². The molecule has 15 heavy (non-hydrogen) atoms. The van der Waals surface area contributed by atoms with Crippen LogP contribution in [0.3, 0.4) is 0 Å². The molecule has 3 heteroatoms. The van der Waals surface area contributed by atoms with E-state index in [1.165, 1.54) is 17.7 Å². The molecule has 1 fully saturated rings. The van der Waals surface area contributed by atoms with Crippen molar-refractivity contribution in [2.75, 3.05) is 18.4 Å². The molecule has 0 amide bonds. The summed E-state index contributed by atoms with van der Waals surface area (Å²) in [5.41, 5.74) is 2.74. The fourth-order valence-electron chi connectivity index (χ4n) is 2.79. The number of para-hydroxylation sites is 1. The van der Waals surface area contributed by atoms with Crippen LogP contribution in [-0.2, 0) is 0 Å². The largest absolute Gasteiger partial charge is 0.385 e. The molecule has 0 bridgehead atoms. The lowest BCUT2D eigenvalue weighted by atomic mass is 9.87. The van der Waals surface area contributed by atoms with Gasteiger partial charge >= 0.3 is 0 Å². The van der Waals surface area contributed by atoms with E-state index in [1.54, 1.807) is 0 Å². The monoisotopic (exact) mass is 222 g/mol. The number of rotatable bonds is 0. The van der Waals surface area contributed by atoms with Crippen molar-refractivity contribution in [1.82, 2.24) is 5.32 Å². The first kappa shape index (κ1) is 9.49. The fourth-order valence-corrected chi connectivity index (χ4v) is 3.22. The first-order chi connectivity index (χ1) is 7.36. The van der Waals surface area contributed by atoms with Gasteiger partial charge in [-0.25, -0.2) is 0 Å². The normalized spacial score (nSPS) is 33.8. The molecule has 0 aromatic heterocycles. The first-order valence-electron chi connectivity index (χ1n) is 5.56. The van der Waals surface area contributed by atoms with Crippen LogP contribution in [0.25, 0.3) is 0 Å². The van der Waals surface area contributed by atoms with E-state index in [9.17, 15) is 0 Å². The molecule has 1 aromatic rings. The third-order valence-corrected chi connectivity index (χ3v) is 3.97. The topological polar surface area (TPSA) is 24.1 Å². The molecule has 3 atom stereocenters. The lowest BCUT2D eigenvalue weighted by molar-refractivity contribution is 0.496. The van der Waals surface area contributed by atoms with Crippen molar-refractivity contribution in [3.8, 4) is 0 Å². The Bertz CT molecular complexity index is 366. The highest BCUT2D eigenvalue weighted by Crippen LogP contribution is 2.41. The summed E-state index contributed by atoms with van der Waals surface area (Å²) < 4.78 is 0. The number of hydrogen-bond donors (Lipinski definition) is 2. The van der Waals surface area contributed by atoms with E-state index in [1.807, 2.05) is 0 Å². The van der Waals surface area contributed by atoms with Crippen molar-refractivity contribution in [2.45, 2.75) is 17.8 Å². The molecule has 2 aliphatic rings. The van der Waals surface area contributed by atoms with Crippen molar-refractivity contribution in [3.05, 3.63) is 29.8 Å². The van der Waals surface area contributed by atoms with Gasteiger partial charge in [0.05, 0.1) is 5.50 Å². The second kappa shape index (κ2) is 3.69. The van der Waals surface area contributed by atoms with Gasteiger partial charge in [-0.2, -0.15) is 0 Å². The Balaban J connectivity index is 2.06. The van der Waals surface area contributed by atoms with Crippen molar-refractivity contribution < 1.29 is 0 Å². The van der Waals surface area contributed by atoms with Gasteiger partial charge in [-0.3, -0.25) is 0 Å². The zero-order valence-corrected chi connectivity index (χ0v) is 9.30. The van der Waals surface area contributed by atoms with Crippen LogP contribution < -0.4 is 10.6 Å². The maximum Gasteiger partial charge on any atom is 0.0898 e. The average molecular weight is 223 g/mol. The van der Waals surface area contributed by atoms with E-state index in [0.29, 0.717) is 11.8 Å². The lowest BCUT2D eigenvalue weighted by Crippen LogP contribution is -2.19. The average Bonchev–Trinajstić information content (AvgIpc) is 2.52. The van der Waals surface area contributed by atoms with Crippen LogP contribution in [0.5, 0.6) is 0 Å². The summed E-state index contributed by atoms with van der Waals surface area (Å²) in [6, 6.07) is 8.54. The number of nitrogens with one attached hydrogen (secondary N) is 2. The third-order valence-electron chi connectivity index (χ3n) is 3.55. The summed E-state index contributed by atoms with van der Waals surface area (Å²) in [4.78, 5) is 0. The van der Waals surface area contributed by atoms with E-state index >= 15 is 0 Å². The van der Waals surface area contributed by atoms with Gasteiger partial charge in [-0.05, 0) is 24.0 Å². The van der Waals surface area contributed by atoms with Gasteiger partial charge in [-0.15, -0.1) is 11.6 Å². The number of benzene rings is 1. The summed E-state index contributed by atoms with van der Waals surface area (Å²) in [6.07, 6.45) is 1.20. The Kier molecular flexibility index (Phi) is 2.33. The second-order valence-corrected chi connectivity index (χ2v) is 4.87. The zero-order chi connectivity index (χ0) is 10.3. The van der Waals surface area contributed by atoms with Crippen LogP contribution in [0, 0.1) is 5.92 Å². The highest BCUT2D eigenvalue weighted by atomic mass is 35.5. The molecule has 1 saturated heterocycles. The minimum Gasteiger partial charge on any atom is -0.385 e. The summed E-state index contributed by atoms with van der Waals surface area (Å²) in [5, 5.41) is 6.86.